The van der Waals surface area contributed by atoms with Crippen LogP contribution in [0, 0.1) is 5.92 Å². The van der Waals surface area contributed by atoms with E-state index in [1.807, 2.05) is 18.7 Å². The number of alkyl halides is 1. The molecule has 2 atom stereocenters. The molecule has 0 saturated heterocycles. The van der Waals surface area contributed by atoms with Gasteiger partial charge < -0.3 is 9.30 Å². The number of hydrogen-bond acceptors (Lipinski definition) is 3. The van der Waals surface area contributed by atoms with Gasteiger partial charge in [0.05, 0.1) is 17.7 Å². The fourth-order valence-electron chi connectivity index (χ4n) is 2.80. The molecule has 21 heavy (non-hydrogen) atoms. The molecule has 0 bridgehead atoms. The molecule has 0 fully saturated rings. The number of ether oxygens (including phenoxy) is 1. The third-order valence-electron chi connectivity index (χ3n) is 3.61. The van der Waals surface area contributed by atoms with Gasteiger partial charge in [0.15, 0.2) is 5.65 Å². The van der Waals surface area contributed by atoms with Crippen LogP contribution in [0.5, 0.6) is 0 Å². The molecule has 0 N–H and O–H groups in total. The minimum absolute atomic E-state index is 0.123. The Labute approximate surface area is 131 Å². The summed E-state index contributed by atoms with van der Waals surface area (Å²) in [4.78, 5) is 4.77. The highest BCUT2D eigenvalue weighted by atomic mass is 35.5. The van der Waals surface area contributed by atoms with E-state index in [0.717, 1.165) is 48.7 Å². The lowest BCUT2D eigenvalue weighted by atomic mass is 10.2. The average molecular weight is 313 g/mol. The van der Waals surface area contributed by atoms with Crippen LogP contribution in [-0.4, -0.2) is 33.0 Å². The van der Waals surface area contributed by atoms with Gasteiger partial charge >= 0.3 is 0 Å². The van der Waals surface area contributed by atoms with Gasteiger partial charge in [-0.3, -0.25) is 4.68 Å². The van der Waals surface area contributed by atoms with Gasteiger partial charge in [0.1, 0.15) is 11.3 Å². The minimum Gasteiger partial charge on any atom is -0.384 e. The Morgan fingerprint density at radius 3 is 2.62 bits per heavy atom. The van der Waals surface area contributed by atoms with E-state index < -0.39 is 0 Å². The average Bonchev–Trinajstić information content (AvgIpc) is 2.91. The first-order valence-corrected chi connectivity index (χ1v) is 7.98. The van der Waals surface area contributed by atoms with Gasteiger partial charge in [-0.05, 0) is 19.3 Å². The zero-order valence-electron chi connectivity index (χ0n) is 13.6. The van der Waals surface area contributed by atoms with Gasteiger partial charge in [0.25, 0.3) is 0 Å². The lowest BCUT2D eigenvalue weighted by molar-refractivity contribution is 0.151. The molecule has 6 heteroatoms. The van der Waals surface area contributed by atoms with Crippen molar-refractivity contribution < 1.29 is 4.74 Å². The number of fused-ring (bicyclic) bond motifs is 1. The molecule has 0 aliphatic carbocycles. The highest BCUT2D eigenvalue weighted by Gasteiger charge is 2.22. The van der Waals surface area contributed by atoms with Crippen molar-refractivity contribution in [2.75, 3.05) is 13.7 Å². The number of aryl methyl sites for hydroxylation is 2. The summed E-state index contributed by atoms with van der Waals surface area (Å²) in [5, 5.41) is 4.49. The Kier molecular flexibility index (Phi) is 5.27. The normalized spacial score (nSPS) is 14.8. The van der Waals surface area contributed by atoms with E-state index in [2.05, 4.69) is 23.5 Å². The van der Waals surface area contributed by atoms with Crippen LogP contribution in [0.4, 0.5) is 0 Å². The van der Waals surface area contributed by atoms with Crippen LogP contribution in [0.2, 0.25) is 0 Å². The number of imidazole rings is 1. The molecule has 2 aromatic heterocycles. The summed E-state index contributed by atoms with van der Waals surface area (Å²) >= 11 is 6.33. The lowest BCUT2D eigenvalue weighted by Crippen LogP contribution is -2.16. The second-order valence-corrected chi connectivity index (χ2v) is 6.40. The first kappa shape index (κ1) is 16.3. The smallest absolute Gasteiger partial charge is 0.158 e. The number of aromatic nitrogens is 4. The van der Waals surface area contributed by atoms with Crippen LogP contribution in [-0.2, 0) is 24.8 Å². The third-order valence-corrected chi connectivity index (χ3v) is 3.80. The van der Waals surface area contributed by atoms with Crippen LogP contribution in [0.3, 0.4) is 0 Å². The molecule has 0 aliphatic heterocycles. The van der Waals surface area contributed by atoms with E-state index in [1.165, 1.54) is 0 Å². The zero-order chi connectivity index (χ0) is 15.6. The van der Waals surface area contributed by atoms with Crippen molar-refractivity contribution in [2.45, 2.75) is 45.5 Å². The molecular weight excluding hydrogens is 288 g/mol. The molecule has 5 nitrogen and oxygen atoms in total. The van der Waals surface area contributed by atoms with Crippen molar-refractivity contribution in [3.8, 4) is 0 Å². The first-order valence-electron chi connectivity index (χ1n) is 7.54. The molecule has 2 heterocycles. The first-order chi connectivity index (χ1) is 9.99. The minimum atomic E-state index is -0.123. The maximum absolute atomic E-state index is 6.33. The zero-order valence-corrected chi connectivity index (χ0v) is 14.3. The Morgan fingerprint density at radius 1 is 1.33 bits per heavy atom. The van der Waals surface area contributed by atoms with E-state index >= 15 is 0 Å². The number of hydrogen-bond donors (Lipinski definition) is 0. The summed E-state index contributed by atoms with van der Waals surface area (Å²) in [6.45, 7) is 7.84. The molecule has 0 spiro atoms. The molecule has 0 aliphatic rings. The summed E-state index contributed by atoms with van der Waals surface area (Å²) in [6.07, 6.45) is 2.00. The lowest BCUT2D eigenvalue weighted by Gasteiger charge is -2.15. The Morgan fingerprint density at radius 2 is 2.05 bits per heavy atom. The Hall–Kier alpha value is -1.07. The van der Waals surface area contributed by atoms with Crippen molar-refractivity contribution in [1.82, 2.24) is 19.3 Å². The standard InChI is InChI=1S/C15H25ClN4O/c1-6-7-12-13-15(19(4)18-12)20(8-10(2)9-21-5)14(17-13)11(3)16/h10-11H,6-9H2,1-5H3. The largest absolute Gasteiger partial charge is 0.384 e. The van der Waals surface area contributed by atoms with Crippen molar-refractivity contribution >= 4 is 22.8 Å². The topological polar surface area (TPSA) is 44.9 Å². The summed E-state index contributed by atoms with van der Waals surface area (Å²) in [5.74, 6) is 1.31. The van der Waals surface area contributed by atoms with Gasteiger partial charge in [0, 0.05) is 20.7 Å². The van der Waals surface area contributed by atoms with Crippen molar-refractivity contribution in [3.05, 3.63) is 11.5 Å². The second-order valence-electron chi connectivity index (χ2n) is 5.75. The Bertz CT molecular complexity index is 602. The van der Waals surface area contributed by atoms with Crippen LogP contribution >= 0.6 is 11.6 Å². The molecule has 0 radical (unpaired) electrons. The predicted molar refractivity (Wildman–Crippen MR) is 85.8 cm³/mol. The number of nitrogens with zero attached hydrogens (tertiary/aromatic N) is 4. The summed E-state index contributed by atoms with van der Waals surface area (Å²) in [5.41, 5.74) is 3.11. The highest BCUT2D eigenvalue weighted by molar-refractivity contribution is 6.20. The van der Waals surface area contributed by atoms with E-state index in [4.69, 9.17) is 21.3 Å². The van der Waals surface area contributed by atoms with E-state index in [0.29, 0.717) is 5.92 Å². The van der Waals surface area contributed by atoms with Crippen LogP contribution in [0.25, 0.3) is 11.2 Å². The summed E-state index contributed by atoms with van der Waals surface area (Å²) < 4.78 is 9.37. The van der Waals surface area contributed by atoms with Gasteiger partial charge in [-0.15, -0.1) is 11.6 Å². The van der Waals surface area contributed by atoms with Crippen molar-refractivity contribution in [1.29, 1.82) is 0 Å². The number of halogens is 1. The fourth-order valence-corrected chi connectivity index (χ4v) is 2.96. The number of methoxy groups -OCH3 is 1. The van der Waals surface area contributed by atoms with Crippen LogP contribution < -0.4 is 0 Å². The molecule has 2 unspecified atom stereocenters. The monoisotopic (exact) mass is 312 g/mol. The third kappa shape index (κ3) is 3.24. The van der Waals surface area contributed by atoms with Crippen molar-refractivity contribution in [2.24, 2.45) is 13.0 Å². The fraction of sp³-hybridized carbons (Fsp3) is 0.733. The molecule has 0 aromatic carbocycles. The second kappa shape index (κ2) is 6.79. The van der Waals surface area contributed by atoms with Gasteiger partial charge in [-0.25, -0.2) is 4.98 Å². The van der Waals surface area contributed by atoms with Crippen LogP contribution in [0.15, 0.2) is 0 Å². The molecule has 118 valence electrons. The predicted octanol–water partition coefficient (Wildman–Crippen LogP) is 3.30. The Balaban J connectivity index is 2.51. The highest BCUT2D eigenvalue weighted by Crippen LogP contribution is 2.27. The van der Waals surface area contributed by atoms with Crippen LogP contribution in [0.1, 0.15) is 44.1 Å². The molecule has 0 saturated carbocycles. The van der Waals surface area contributed by atoms with E-state index in [9.17, 15) is 0 Å². The SMILES string of the molecule is CCCc1nn(C)c2c1nc(C(C)Cl)n2CC(C)COC. The van der Waals surface area contributed by atoms with Gasteiger partial charge in [0.2, 0.25) is 0 Å². The maximum atomic E-state index is 6.33. The summed E-state index contributed by atoms with van der Waals surface area (Å²) in [7, 11) is 3.71. The van der Waals surface area contributed by atoms with E-state index in [1.54, 1.807) is 7.11 Å². The van der Waals surface area contributed by atoms with E-state index in [-0.39, 0.29) is 5.38 Å². The van der Waals surface area contributed by atoms with Crippen molar-refractivity contribution in [3.63, 3.8) is 0 Å². The molecule has 2 rings (SSSR count). The summed E-state index contributed by atoms with van der Waals surface area (Å²) in [6, 6.07) is 0. The molecular formula is C15H25ClN4O. The molecule has 0 amide bonds. The number of rotatable bonds is 7. The molecule has 2 aromatic rings. The van der Waals surface area contributed by atoms with Gasteiger partial charge in [-0.1, -0.05) is 20.3 Å². The quantitative estimate of drug-likeness (QED) is 0.737. The van der Waals surface area contributed by atoms with Gasteiger partial charge in [-0.2, -0.15) is 5.10 Å². The maximum Gasteiger partial charge on any atom is 0.158 e.